The minimum absolute atomic E-state index is 0.459. The third-order valence-electron chi connectivity index (χ3n) is 0.917. The Bertz CT molecular complexity index is 147. The molecule has 0 spiro atoms. The maximum absolute atomic E-state index is 4.09. The molecule has 0 bridgehead atoms. The Morgan fingerprint density at radius 1 is 1.50 bits per heavy atom. The van der Waals surface area contributed by atoms with Crippen LogP contribution in [-0.4, -0.2) is 5.04 Å². The zero-order chi connectivity index (χ0) is 7.98. The summed E-state index contributed by atoms with van der Waals surface area (Å²) in [5, 5.41) is 2.84. The number of hydrogen-bond acceptors (Lipinski definition) is 2. The predicted molar refractivity (Wildman–Crippen MR) is 50.3 cm³/mol. The van der Waals surface area contributed by atoms with Crippen molar-refractivity contribution in [1.82, 2.24) is 0 Å². The summed E-state index contributed by atoms with van der Waals surface area (Å²) in [6, 6.07) is 0. The molecule has 0 radical (unpaired) electrons. The quantitative estimate of drug-likeness (QED) is 0.450. The molecule has 0 aromatic heterocycles. The molecule has 0 aliphatic carbocycles. The first-order chi connectivity index (χ1) is 4.72. The lowest BCUT2D eigenvalue weighted by molar-refractivity contribution is 0.901. The van der Waals surface area contributed by atoms with Gasteiger partial charge in [-0.25, -0.2) is 0 Å². The molecule has 56 valence electrons. The molecule has 0 fully saturated rings. The summed E-state index contributed by atoms with van der Waals surface area (Å²) in [6.07, 6.45) is 1.56. The van der Waals surface area contributed by atoms with Gasteiger partial charge in [-0.3, -0.25) is 4.99 Å². The van der Waals surface area contributed by atoms with Crippen LogP contribution in [0.25, 0.3) is 0 Å². The third kappa shape index (κ3) is 3.51. The molecular formula is C8H13NS. The Morgan fingerprint density at radius 2 is 2.10 bits per heavy atom. The second-order valence-electron chi connectivity index (χ2n) is 2.09. The molecule has 2 heteroatoms. The van der Waals surface area contributed by atoms with Crippen molar-refractivity contribution in [2.45, 2.75) is 13.8 Å². The summed E-state index contributed by atoms with van der Waals surface area (Å²) in [5.74, 6) is 0.459. The van der Waals surface area contributed by atoms with Crippen LogP contribution in [0.3, 0.4) is 0 Å². The minimum atomic E-state index is 0.459. The van der Waals surface area contributed by atoms with Gasteiger partial charge in [-0.1, -0.05) is 38.8 Å². The highest BCUT2D eigenvalue weighted by Crippen LogP contribution is 2.12. The Morgan fingerprint density at radius 3 is 2.40 bits per heavy atom. The molecule has 0 aliphatic heterocycles. The van der Waals surface area contributed by atoms with Crippen LogP contribution in [-0.2, 0) is 0 Å². The van der Waals surface area contributed by atoms with Gasteiger partial charge in [0.1, 0.15) is 0 Å². The average molecular weight is 155 g/mol. The maximum atomic E-state index is 4.09. The van der Waals surface area contributed by atoms with Crippen LogP contribution in [0.5, 0.6) is 0 Å². The van der Waals surface area contributed by atoms with Crippen molar-refractivity contribution in [2.24, 2.45) is 10.9 Å². The van der Waals surface area contributed by atoms with Gasteiger partial charge in [-0.15, -0.1) is 0 Å². The lowest BCUT2D eigenvalue weighted by Crippen LogP contribution is -1.99. The van der Waals surface area contributed by atoms with Gasteiger partial charge >= 0.3 is 0 Å². The van der Waals surface area contributed by atoms with Gasteiger partial charge in [0, 0.05) is 12.1 Å². The first kappa shape index (κ1) is 9.50. The van der Waals surface area contributed by atoms with Crippen LogP contribution in [0.15, 0.2) is 29.8 Å². The number of aliphatic imine (C=N–C) groups is 1. The highest BCUT2D eigenvalue weighted by molar-refractivity contribution is 8.16. The Balaban J connectivity index is 4.09. The van der Waals surface area contributed by atoms with Gasteiger partial charge in [0.05, 0.1) is 5.04 Å². The normalized spacial score (nSPS) is 11.7. The minimum Gasteiger partial charge on any atom is -0.254 e. The van der Waals surface area contributed by atoms with Crippen molar-refractivity contribution in [3.8, 4) is 0 Å². The molecule has 0 saturated carbocycles. The molecule has 0 aromatic rings. The van der Waals surface area contributed by atoms with E-state index in [1.54, 1.807) is 23.4 Å². The van der Waals surface area contributed by atoms with Gasteiger partial charge in [0.2, 0.25) is 0 Å². The van der Waals surface area contributed by atoms with Crippen LogP contribution in [0.1, 0.15) is 13.8 Å². The third-order valence-corrected chi connectivity index (χ3v) is 1.90. The fraction of sp³-hybridized carbons (Fsp3) is 0.375. The van der Waals surface area contributed by atoms with Gasteiger partial charge < -0.3 is 0 Å². The average Bonchev–Trinajstić information content (AvgIpc) is 1.87. The summed E-state index contributed by atoms with van der Waals surface area (Å²) < 4.78 is 0. The van der Waals surface area contributed by atoms with E-state index in [1.807, 2.05) is 0 Å². The Kier molecular flexibility index (Phi) is 5.03. The van der Waals surface area contributed by atoms with Gasteiger partial charge in [0.25, 0.3) is 0 Å². The Labute approximate surface area is 66.9 Å². The molecule has 0 unspecified atom stereocenters. The van der Waals surface area contributed by atoms with Crippen molar-refractivity contribution in [2.75, 3.05) is 0 Å². The predicted octanol–water partition coefficient (Wildman–Crippen LogP) is 3.06. The molecule has 10 heavy (non-hydrogen) atoms. The topological polar surface area (TPSA) is 12.4 Å². The van der Waals surface area contributed by atoms with E-state index in [-0.39, 0.29) is 0 Å². The first-order valence-electron chi connectivity index (χ1n) is 3.18. The summed E-state index contributed by atoms with van der Waals surface area (Å²) in [7, 11) is 0. The molecule has 0 saturated heterocycles. The standard InChI is InChI=1S/C8H13NS/c1-5-9-8(7(3)4)10-6-2/h5-7H,1-2H2,3-4H3/b9-8-. The van der Waals surface area contributed by atoms with E-state index >= 15 is 0 Å². The summed E-state index contributed by atoms with van der Waals surface area (Å²) >= 11 is 1.55. The van der Waals surface area contributed by atoms with Crippen molar-refractivity contribution < 1.29 is 0 Å². The van der Waals surface area contributed by atoms with Crippen LogP contribution in [0.2, 0.25) is 0 Å². The number of thioether (sulfide) groups is 1. The van der Waals surface area contributed by atoms with Crippen molar-refractivity contribution in [1.29, 1.82) is 0 Å². The summed E-state index contributed by atoms with van der Waals surface area (Å²) in [5.41, 5.74) is 0. The molecule has 1 nitrogen and oxygen atoms in total. The molecule has 0 aromatic carbocycles. The monoisotopic (exact) mass is 155 g/mol. The zero-order valence-corrected chi connectivity index (χ0v) is 7.32. The van der Waals surface area contributed by atoms with E-state index in [2.05, 4.69) is 32.0 Å². The Hall–Kier alpha value is -0.500. The van der Waals surface area contributed by atoms with E-state index in [0.717, 1.165) is 5.04 Å². The van der Waals surface area contributed by atoms with Crippen LogP contribution in [0.4, 0.5) is 0 Å². The second-order valence-corrected chi connectivity index (χ2v) is 3.08. The van der Waals surface area contributed by atoms with Gasteiger partial charge in [0.15, 0.2) is 0 Å². The molecular weight excluding hydrogens is 142 g/mol. The zero-order valence-electron chi connectivity index (χ0n) is 6.50. The summed E-state index contributed by atoms with van der Waals surface area (Å²) in [6.45, 7) is 11.3. The fourth-order valence-corrected chi connectivity index (χ4v) is 1.07. The van der Waals surface area contributed by atoms with Gasteiger partial charge in [-0.2, -0.15) is 0 Å². The van der Waals surface area contributed by atoms with Gasteiger partial charge in [-0.05, 0) is 5.41 Å². The first-order valence-corrected chi connectivity index (χ1v) is 4.06. The number of rotatable bonds is 3. The molecule has 0 amide bonds. The van der Waals surface area contributed by atoms with Crippen molar-refractivity contribution in [3.63, 3.8) is 0 Å². The molecule has 0 rings (SSSR count). The van der Waals surface area contributed by atoms with Crippen LogP contribution >= 0.6 is 11.8 Å². The van der Waals surface area contributed by atoms with E-state index in [0.29, 0.717) is 5.92 Å². The van der Waals surface area contributed by atoms with Crippen LogP contribution in [0, 0.1) is 5.92 Å². The van der Waals surface area contributed by atoms with E-state index in [4.69, 9.17) is 0 Å². The molecule has 0 heterocycles. The van der Waals surface area contributed by atoms with E-state index in [9.17, 15) is 0 Å². The number of hydrogen-bond donors (Lipinski definition) is 0. The van der Waals surface area contributed by atoms with Crippen LogP contribution < -0.4 is 0 Å². The molecule has 0 atom stereocenters. The van der Waals surface area contributed by atoms with E-state index < -0.39 is 0 Å². The fourth-order valence-electron chi connectivity index (χ4n) is 0.491. The SMILES string of the molecule is C=C/N=C(\SC=C)C(C)C. The highest BCUT2D eigenvalue weighted by atomic mass is 32.2. The lowest BCUT2D eigenvalue weighted by atomic mass is 10.2. The lowest BCUT2D eigenvalue weighted by Gasteiger charge is -2.03. The van der Waals surface area contributed by atoms with Crippen molar-refractivity contribution in [3.05, 3.63) is 24.8 Å². The van der Waals surface area contributed by atoms with E-state index in [1.165, 1.54) is 0 Å². The van der Waals surface area contributed by atoms with Crippen molar-refractivity contribution >= 4 is 16.8 Å². The second kappa shape index (κ2) is 5.30. The smallest absolute Gasteiger partial charge is 0.0798 e. The maximum Gasteiger partial charge on any atom is 0.0798 e. The molecule has 0 N–H and O–H groups in total. The largest absolute Gasteiger partial charge is 0.254 e. The summed E-state index contributed by atoms with van der Waals surface area (Å²) in [4.78, 5) is 4.09. The molecule has 0 aliphatic rings. The number of nitrogens with zero attached hydrogens (tertiary/aromatic N) is 1. The highest BCUT2D eigenvalue weighted by Gasteiger charge is 2.01.